The number of carbonyl (C=O) groups excluding carboxylic acids is 5. The van der Waals surface area contributed by atoms with Gasteiger partial charge < -0.3 is 66.8 Å². The van der Waals surface area contributed by atoms with Gasteiger partial charge in [-0.1, -0.05) is 51.1 Å². The fourth-order valence-corrected chi connectivity index (χ4v) is 10.9. The van der Waals surface area contributed by atoms with Crippen LogP contribution < -0.4 is 0 Å². The molecule has 0 radical (unpaired) electrons. The van der Waals surface area contributed by atoms with Gasteiger partial charge in [-0.2, -0.15) is 0 Å². The molecule has 1 aromatic carbocycles. The number of aliphatic hydroxyl groups is 1. The van der Waals surface area contributed by atoms with Crippen LogP contribution in [0.3, 0.4) is 0 Å². The number of aliphatic hydroxyl groups excluding tert-OH is 1. The lowest BCUT2D eigenvalue weighted by atomic mass is 9.81. The van der Waals surface area contributed by atoms with Gasteiger partial charge in [0.2, 0.25) is 0 Å². The summed E-state index contributed by atoms with van der Waals surface area (Å²) < 4.78 is 74.6. The average Bonchev–Trinajstić information content (AvgIpc) is 3.37. The zero-order valence-corrected chi connectivity index (χ0v) is 48.5. The minimum atomic E-state index is -1.44. The van der Waals surface area contributed by atoms with Crippen molar-refractivity contribution in [3.8, 4) is 0 Å². The van der Waals surface area contributed by atoms with Gasteiger partial charge in [0.1, 0.15) is 36.6 Å². The highest BCUT2D eigenvalue weighted by atomic mass is 16.7. The van der Waals surface area contributed by atoms with Gasteiger partial charge in [0, 0.05) is 81.0 Å². The van der Waals surface area contributed by atoms with Gasteiger partial charge in [0.25, 0.3) is 0 Å². The van der Waals surface area contributed by atoms with Crippen LogP contribution in [-0.2, 0) is 87.2 Å². The number of esters is 5. The third-order valence-electron chi connectivity index (χ3n) is 14.9. The van der Waals surface area contributed by atoms with Crippen LogP contribution >= 0.6 is 0 Å². The van der Waals surface area contributed by atoms with E-state index in [1.54, 1.807) is 53.6 Å². The molecule has 16 atom stereocenters. The van der Waals surface area contributed by atoms with E-state index in [9.17, 15) is 29.1 Å². The summed E-state index contributed by atoms with van der Waals surface area (Å²) in [5.41, 5.74) is -0.0891. The van der Waals surface area contributed by atoms with E-state index in [1.165, 1.54) is 40.7 Å². The molecule has 3 aliphatic rings. The first-order valence-electron chi connectivity index (χ1n) is 27.5. The molecule has 1 aromatic rings. The third kappa shape index (κ3) is 19.7. The highest BCUT2D eigenvalue weighted by molar-refractivity contribution is 5.73. The van der Waals surface area contributed by atoms with Crippen molar-refractivity contribution in [3.63, 3.8) is 0 Å². The summed E-state index contributed by atoms with van der Waals surface area (Å²) in [6.45, 7) is 16.4. The molecule has 0 aromatic heterocycles. The Morgan fingerprint density at radius 1 is 0.844 bits per heavy atom. The number of hydrazine groups is 1. The van der Waals surface area contributed by atoms with Gasteiger partial charge in [-0.3, -0.25) is 24.0 Å². The smallest absolute Gasteiger partial charge is 0.309 e. The standard InChI is InChI=1S/C56H93N3O18/c1-16-44(62)73-42-31-46(64)69-35(4)26-28-58(12)59(27-22-21-25-40-23-19-18-20-24-40)33-43(72-38(7)60)34(3)29-41(30-47(66-13)67-14)52(53(42)68-15)76-55-50(65)49(57(10)11)51(36(5)71-55)75-48-32-56(9,77-39(8)61)54(37(6)70-48)74-45(63)17-2/h18-20,23-24,34-37,41-43,47-55,65H,16-17,21-22,25-33H2,1-15H3/t34-,35-,36?,37?,41-,42-,43+,48?,49?,50?,51?,52+,53?,54?,55?,56?/m1/s1. The van der Waals surface area contributed by atoms with Crippen LogP contribution in [0.5, 0.6) is 0 Å². The van der Waals surface area contributed by atoms with E-state index in [0.29, 0.717) is 26.1 Å². The number of hydrogen-bond acceptors (Lipinski definition) is 21. The molecule has 4 rings (SSSR count). The zero-order valence-electron chi connectivity index (χ0n) is 48.5. The minimum Gasteiger partial charge on any atom is -0.463 e. The lowest BCUT2D eigenvalue weighted by Crippen LogP contribution is -2.66. The van der Waals surface area contributed by atoms with Crippen LogP contribution in [0.15, 0.2) is 30.3 Å². The molecule has 21 nitrogen and oxygen atoms in total. The van der Waals surface area contributed by atoms with Crippen molar-refractivity contribution < 1.29 is 85.9 Å². The van der Waals surface area contributed by atoms with E-state index in [-0.39, 0.29) is 38.0 Å². The molecular formula is C56H93N3O18. The third-order valence-corrected chi connectivity index (χ3v) is 14.9. The quantitative estimate of drug-likeness (QED) is 0.0705. The lowest BCUT2D eigenvalue weighted by molar-refractivity contribution is -0.345. The molecule has 1 N–H and O–H groups in total. The number of benzene rings is 1. The number of cyclic esters (lactones) is 1. The van der Waals surface area contributed by atoms with Crippen molar-refractivity contribution in [1.82, 2.24) is 14.9 Å². The topological polar surface area (TPSA) is 226 Å². The Bertz CT molecular complexity index is 1960. The van der Waals surface area contributed by atoms with Crippen LogP contribution in [0.4, 0.5) is 0 Å². The van der Waals surface area contributed by atoms with Crippen LogP contribution in [0.2, 0.25) is 0 Å². The van der Waals surface area contributed by atoms with Crippen LogP contribution in [0.1, 0.15) is 126 Å². The molecule has 77 heavy (non-hydrogen) atoms. The number of ether oxygens (including phenoxy) is 12. The number of aryl methyl sites for hydroxylation is 1. The number of rotatable bonds is 21. The molecule has 0 saturated carbocycles. The molecule has 0 bridgehead atoms. The number of likely N-dealkylation sites (N-methyl/N-ethyl adjacent to an activating group) is 1. The second kappa shape index (κ2) is 31.8. The summed E-state index contributed by atoms with van der Waals surface area (Å²) in [4.78, 5) is 67.3. The highest BCUT2D eigenvalue weighted by Gasteiger charge is 2.55. The van der Waals surface area contributed by atoms with Gasteiger partial charge in [-0.15, -0.1) is 0 Å². The maximum atomic E-state index is 14.1. The van der Waals surface area contributed by atoms with E-state index < -0.39 is 134 Å². The van der Waals surface area contributed by atoms with Crippen LogP contribution in [-0.4, -0.2) is 204 Å². The zero-order chi connectivity index (χ0) is 57.1. The van der Waals surface area contributed by atoms with Crippen molar-refractivity contribution in [2.75, 3.05) is 62.1 Å². The van der Waals surface area contributed by atoms with E-state index >= 15 is 0 Å². The van der Waals surface area contributed by atoms with Crippen molar-refractivity contribution in [1.29, 1.82) is 0 Å². The molecule has 0 aliphatic carbocycles. The molecule has 10 unspecified atom stereocenters. The second-order valence-electron chi connectivity index (χ2n) is 21.4. The summed E-state index contributed by atoms with van der Waals surface area (Å²) in [7, 11) is 9.96. The molecular weight excluding hydrogens is 1000 g/mol. The van der Waals surface area contributed by atoms with E-state index in [1.807, 2.05) is 39.1 Å². The molecule has 440 valence electrons. The Labute approximate surface area is 457 Å². The van der Waals surface area contributed by atoms with E-state index in [4.69, 9.17) is 56.8 Å². The van der Waals surface area contributed by atoms with E-state index in [0.717, 1.165) is 19.3 Å². The Kier molecular flexibility index (Phi) is 27.1. The first kappa shape index (κ1) is 65.6. The molecule has 0 spiro atoms. The van der Waals surface area contributed by atoms with Gasteiger partial charge in [0.05, 0.1) is 37.3 Å². The number of hydrogen-bond donors (Lipinski definition) is 1. The van der Waals surface area contributed by atoms with Crippen molar-refractivity contribution in [2.24, 2.45) is 11.8 Å². The molecule has 0 amide bonds. The Morgan fingerprint density at radius 3 is 2.10 bits per heavy atom. The second-order valence-corrected chi connectivity index (χ2v) is 21.4. The predicted molar refractivity (Wildman–Crippen MR) is 281 cm³/mol. The van der Waals surface area contributed by atoms with Gasteiger partial charge in [0.15, 0.2) is 30.6 Å². The first-order valence-corrected chi connectivity index (χ1v) is 27.5. The molecule has 3 fully saturated rings. The van der Waals surface area contributed by atoms with Crippen LogP contribution in [0.25, 0.3) is 0 Å². The van der Waals surface area contributed by atoms with Crippen molar-refractivity contribution in [3.05, 3.63) is 35.9 Å². The molecule has 3 saturated heterocycles. The SMILES string of the molecule is CCC(=O)OC1C(C)OC(OC2C(C)OC(O[C@@H]3C(OC)[C@H](OC(=O)CC)CC(=O)O[C@H](C)CCN(C)N(CCCCc4ccccc4)C[C@H](OC(C)=O)[C@H](C)C[C@@H]3CC(OC)OC)C(O)C2N(C)C)CC1(C)OC(C)=O. The highest BCUT2D eigenvalue weighted by Crippen LogP contribution is 2.40. The monoisotopic (exact) mass is 1100 g/mol. The summed E-state index contributed by atoms with van der Waals surface area (Å²) in [6, 6.07) is 9.47. The molecule has 3 heterocycles. The number of methoxy groups -OCH3 is 3. The summed E-state index contributed by atoms with van der Waals surface area (Å²) >= 11 is 0. The average molecular weight is 1100 g/mol. The number of carbonyl (C=O) groups is 5. The maximum absolute atomic E-state index is 14.1. The lowest BCUT2D eigenvalue weighted by Gasteiger charge is -2.51. The van der Waals surface area contributed by atoms with E-state index in [2.05, 4.69) is 22.2 Å². The Balaban J connectivity index is 1.80. The number of nitrogens with zero attached hydrogens (tertiary/aromatic N) is 3. The van der Waals surface area contributed by atoms with Crippen molar-refractivity contribution >= 4 is 29.8 Å². The van der Waals surface area contributed by atoms with Crippen LogP contribution in [0, 0.1) is 11.8 Å². The summed E-state index contributed by atoms with van der Waals surface area (Å²) in [5, 5.41) is 16.9. The molecule has 21 heteroatoms. The normalized spacial score (nSPS) is 33.5. The first-order chi connectivity index (χ1) is 36.5. The fraction of sp³-hybridized carbons (Fsp3) is 0.804. The van der Waals surface area contributed by atoms with Crippen molar-refractivity contribution in [2.45, 2.75) is 218 Å². The molecule has 3 aliphatic heterocycles. The van der Waals surface area contributed by atoms with Gasteiger partial charge in [-0.25, -0.2) is 10.0 Å². The predicted octanol–water partition coefficient (Wildman–Crippen LogP) is 5.39. The number of unbranched alkanes of at least 4 members (excludes halogenated alkanes) is 1. The summed E-state index contributed by atoms with van der Waals surface area (Å²) in [5.74, 6) is -3.79. The van der Waals surface area contributed by atoms with Gasteiger partial charge in [-0.05, 0) is 91.3 Å². The Hall–Kier alpha value is -3.87. The fourth-order valence-electron chi connectivity index (χ4n) is 10.9. The van der Waals surface area contributed by atoms with Gasteiger partial charge >= 0.3 is 29.8 Å². The largest absolute Gasteiger partial charge is 0.463 e. The maximum Gasteiger partial charge on any atom is 0.309 e. The Morgan fingerprint density at radius 2 is 1.51 bits per heavy atom. The summed E-state index contributed by atoms with van der Waals surface area (Å²) in [6.07, 6.45) is -9.65. The minimum absolute atomic E-state index is 0.0130.